The Morgan fingerprint density at radius 1 is 1.24 bits per heavy atom. The summed E-state index contributed by atoms with van der Waals surface area (Å²) in [5.74, 6) is 0.404. The second kappa shape index (κ2) is 7.52. The zero-order chi connectivity index (χ0) is 15.9. The molecule has 0 aliphatic carbocycles. The average Bonchev–Trinajstić information content (AvgIpc) is 2.41. The summed E-state index contributed by atoms with van der Waals surface area (Å²) in [6.07, 6.45) is 0. The molecule has 6 heteroatoms. The van der Waals surface area contributed by atoms with Gasteiger partial charge in [0.15, 0.2) is 18.1 Å². The summed E-state index contributed by atoms with van der Waals surface area (Å²) in [5, 5.41) is 0. The number of hydrogen-bond donors (Lipinski definition) is 0. The largest absolute Gasteiger partial charge is 0.493 e. The molecule has 21 heavy (non-hydrogen) atoms. The number of methoxy groups -OCH3 is 1. The fourth-order valence-corrected chi connectivity index (χ4v) is 1.56. The molecule has 1 aromatic rings. The van der Waals surface area contributed by atoms with Gasteiger partial charge in [-0.15, -0.1) is 0 Å². The smallest absolute Gasteiger partial charge is 0.344 e. The second-order valence-corrected chi connectivity index (χ2v) is 5.27. The van der Waals surface area contributed by atoms with Crippen molar-refractivity contribution >= 4 is 12.4 Å². The molecule has 0 aliphatic rings. The minimum Gasteiger partial charge on any atom is -0.493 e. The van der Waals surface area contributed by atoms with E-state index in [-0.39, 0.29) is 13.2 Å². The fraction of sp³-hybridized carbons (Fsp3) is 0.467. The van der Waals surface area contributed by atoms with Crippen LogP contribution in [0.5, 0.6) is 11.5 Å². The van der Waals surface area contributed by atoms with Gasteiger partial charge in [0.2, 0.25) is 0 Å². The summed E-state index contributed by atoms with van der Waals surface area (Å²) in [6, 6.07) is 5.04. The predicted octanol–water partition coefficient (Wildman–Crippen LogP) is 2.09. The SMILES string of the molecule is COc1cc(COC=O)ccc1OCC(=O)OC(C)(C)C. The predicted molar refractivity (Wildman–Crippen MR) is 75.2 cm³/mol. The lowest BCUT2D eigenvalue weighted by molar-refractivity contribution is -0.157. The first-order chi connectivity index (χ1) is 9.85. The average molecular weight is 296 g/mol. The fourth-order valence-electron chi connectivity index (χ4n) is 1.56. The Balaban J connectivity index is 2.66. The number of hydrogen-bond acceptors (Lipinski definition) is 6. The van der Waals surface area contributed by atoms with Crippen LogP contribution in [0.25, 0.3) is 0 Å². The van der Waals surface area contributed by atoms with Gasteiger partial charge in [0.25, 0.3) is 6.47 Å². The Labute approximate surface area is 123 Å². The van der Waals surface area contributed by atoms with Crippen molar-refractivity contribution in [1.82, 2.24) is 0 Å². The lowest BCUT2D eigenvalue weighted by Gasteiger charge is -2.19. The zero-order valence-corrected chi connectivity index (χ0v) is 12.7. The van der Waals surface area contributed by atoms with Gasteiger partial charge in [-0.2, -0.15) is 0 Å². The number of rotatable bonds is 7. The van der Waals surface area contributed by atoms with Gasteiger partial charge < -0.3 is 18.9 Å². The third kappa shape index (κ3) is 6.16. The number of carbonyl (C=O) groups is 2. The third-order valence-electron chi connectivity index (χ3n) is 2.31. The highest BCUT2D eigenvalue weighted by molar-refractivity contribution is 5.71. The van der Waals surface area contributed by atoms with Crippen molar-refractivity contribution in [3.8, 4) is 11.5 Å². The molecule has 0 unspecified atom stereocenters. The van der Waals surface area contributed by atoms with Crippen LogP contribution in [0.15, 0.2) is 18.2 Å². The van der Waals surface area contributed by atoms with Crippen LogP contribution < -0.4 is 9.47 Å². The van der Waals surface area contributed by atoms with Gasteiger partial charge in [-0.3, -0.25) is 4.79 Å². The molecule has 6 nitrogen and oxygen atoms in total. The summed E-state index contributed by atoms with van der Waals surface area (Å²) < 4.78 is 20.4. The minimum atomic E-state index is -0.555. The van der Waals surface area contributed by atoms with Crippen LogP contribution >= 0.6 is 0 Å². The van der Waals surface area contributed by atoms with Crippen LogP contribution in [0.3, 0.4) is 0 Å². The normalized spacial score (nSPS) is 10.7. The number of ether oxygens (including phenoxy) is 4. The summed E-state index contributed by atoms with van der Waals surface area (Å²) in [4.78, 5) is 21.8. The van der Waals surface area contributed by atoms with E-state index in [2.05, 4.69) is 4.74 Å². The van der Waals surface area contributed by atoms with E-state index in [1.807, 2.05) is 0 Å². The molecule has 0 bridgehead atoms. The summed E-state index contributed by atoms with van der Waals surface area (Å²) in [5.41, 5.74) is 0.198. The molecule has 0 spiro atoms. The number of esters is 1. The first-order valence-electron chi connectivity index (χ1n) is 6.42. The van der Waals surface area contributed by atoms with Crippen molar-refractivity contribution in [2.75, 3.05) is 13.7 Å². The Hall–Kier alpha value is -2.24. The minimum absolute atomic E-state index is 0.145. The van der Waals surface area contributed by atoms with Gasteiger partial charge in [-0.05, 0) is 38.5 Å². The molecule has 0 radical (unpaired) electrons. The van der Waals surface area contributed by atoms with Crippen LogP contribution in [0.4, 0.5) is 0 Å². The van der Waals surface area contributed by atoms with Gasteiger partial charge in [-0.1, -0.05) is 6.07 Å². The molecule has 0 saturated carbocycles. The van der Waals surface area contributed by atoms with Crippen molar-refractivity contribution in [2.45, 2.75) is 33.0 Å². The Bertz CT molecular complexity index is 489. The molecule has 1 aromatic carbocycles. The maximum Gasteiger partial charge on any atom is 0.344 e. The first kappa shape index (κ1) is 16.8. The Morgan fingerprint density at radius 2 is 1.95 bits per heavy atom. The highest BCUT2D eigenvalue weighted by Crippen LogP contribution is 2.28. The van der Waals surface area contributed by atoms with Crippen molar-refractivity contribution < 1.29 is 28.5 Å². The van der Waals surface area contributed by atoms with Crippen LogP contribution in [0.2, 0.25) is 0 Å². The maximum atomic E-state index is 11.6. The van der Waals surface area contributed by atoms with Crippen LogP contribution in [-0.4, -0.2) is 31.8 Å². The molecule has 116 valence electrons. The van der Waals surface area contributed by atoms with Crippen LogP contribution in [-0.2, 0) is 25.7 Å². The van der Waals surface area contributed by atoms with Gasteiger partial charge >= 0.3 is 5.97 Å². The third-order valence-corrected chi connectivity index (χ3v) is 2.31. The van der Waals surface area contributed by atoms with Crippen LogP contribution in [0.1, 0.15) is 26.3 Å². The lowest BCUT2D eigenvalue weighted by atomic mass is 10.2. The van der Waals surface area contributed by atoms with E-state index in [1.165, 1.54) is 7.11 Å². The van der Waals surface area contributed by atoms with Crippen molar-refractivity contribution in [1.29, 1.82) is 0 Å². The quantitative estimate of drug-likeness (QED) is 0.567. The molecule has 0 aromatic heterocycles. The van der Waals surface area contributed by atoms with Gasteiger partial charge in [-0.25, -0.2) is 4.79 Å². The van der Waals surface area contributed by atoms with Gasteiger partial charge in [0.05, 0.1) is 7.11 Å². The van der Waals surface area contributed by atoms with E-state index in [4.69, 9.17) is 14.2 Å². The zero-order valence-electron chi connectivity index (χ0n) is 12.7. The summed E-state index contributed by atoms with van der Waals surface area (Å²) in [7, 11) is 1.49. The van der Waals surface area contributed by atoms with Gasteiger partial charge in [0, 0.05) is 0 Å². The van der Waals surface area contributed by atoms with E-state index in [0.29, 0.717) is 18.0 Å². The molecule has 0 atom stereocenters. The second-order valence-electron chi connectivity index (χ2n) is 5.27. The van der Waals surface area contributed by atoms with E-state index in [0.717, 1.165) is 5.56 Å². The molecule has 0 fully saturated rings. The first-order valence-corrected chi connectivity index (χ1v) is 6.42. The number of benzene rings is 1. The van der Waals surface area contributed by atoms with Crippen molar-refractivity contribution in [2.24, 2.45) is 0 Å². The monoisotopic (exact) mass is 296 g/mol. The molecular weight excluding hydrogens is 276 g/mol. The van der Waals surface area contributed by atoms with Crippen molar-refractivity contribution in [3.05, 3.63) is 23.8 Å². The highest BCUT2D eigenvalue weighted by Gasteiger charge is 2.17. The summed E-state index contributed by atoms with van der Waals surface area (Å²) in [6.45, 7) is 5.66. The molecular formula is C15H20O6. The standard InChI is InChI=1S/C15H20O6/c1-15(2,3)21-14(17)9-20-12-6-5-11(8-19-10-16)7-13(12)18-4/h5-7,10H,8-9H2,1-4H3. The number of carbonyl (C=O) groups excluding carboxylic acids is 2. The molecule has 0 N–H and O–H groups in total. The molecule has 0 saturated heterocycles. The summed E-state index contributed by atoms with van der Waals surface area (Å²) >= 11 is 0. The van der Waals surface area contributed by atoms with Gasteiger partial charge in [0.1, 0.15) is 12.2 Å². The lowest BCUT2D eigenvalue weighted by Crippen LogP contribution is -2.27. The van der Waals surface area contributed by atoms with E-state index in [9.17, 15) is 9.59 Å². The topological polar surface area (TPSA) is 71.1 Å². The van der Waals surface area contributed by atoms with E-state index >= 15 is 0 Å². The van der Waals surface area contributed by atoms with Crippen LogP contribution in [0, 0.1) is 0 Å². The Kier molecular flexibility index (Phi) is 6.02. The maximum absolute atomic E-state index is 11.6. The highest BCUT2D eigenvalue weighted by atomic mass is 16.6. The molecule has 1 rings (SSSR count). The van der Waals surface area contributed by atoms with Crippen molar-refractivity contribution in [3.63, 3.8) is 0 Å². The molecule has 0 aliphatic heterocycles. The molecule has 0 amide bonds. The van der Waals surface area contributed by atoms with E-state index in [1.54, 1.807) is 39.0 Å². The van der Waals surface area contributed by atoms with E-state index < -0.39 is 11.6 Å². The molecule has 0 heterocycles. The Morgan fingerprint density at radius 3 is 2.52 bits per heavy atom.